The molecule has 150 valence electrons. The highest BCUT2D eigenvalue weighted by Crippen LogP contribution is 2.34. The zero-order valence-electron chi connectivity index (χ0n) is 15.9. The molecule has 1 aliphatic heterocycles. The van der Waals surface area contributed by atoms with Gasteiger partial charge in [-0.3, -0.25) is 9.59 Å². The summed E-state index contributed by atoms with van der Waals surface area (Å²) < 4.78 is 1.14. The van der Waals surface area contributed by atoms with Crippen LogP contribution in [0.25, 0.3) is 10.2 Å². The summed E-state index contributed by atoms with van der Waals surface area (Å²) >= 11 is 7.76. The third-order valence-electron chi connectivity index (χ3n) is 5.21. The Hall–Kier alpha value is -2.44. The fraction of sp³-hybridized carbons (Fsp3) is 0.318. The van der Waals surface area contributed by atoms with Crippen molar-refractivity contribution in [3.63, 3.8) is 0 Å². The zero-order valence-corrected chi connectivity index (χ0v) is 17.5. The number of hydrogen-bond donors (Lipinski definition) is 1. The standard InChI is InChI=1S/C22H22ClN3O2S/c23-17-6-7-19-18(13-17)25-22(29-19)16-8-10-26(11-9-16)21(28)14-24-20(27)12-15-4-2-1-3-5-15/h1-7,13,16H,8-12,14H2,(H,24,27). The van der Waals surface area contributed by atoms with E-state index in [1.807, 2.05) is 53.4 Å². The summed E-state index contributed by atoms with van der Waals surface area (Å²) in [5.74, 6) is 0.205. The van der Waals surface area contributed by atoms with Crippen LogP contribution in [0.4, 0.5) is 0 Å². The molecule has 0 aliphatic carbocycles. The molecule has 1 N–H and O–H groups in total. The smallest absolute Gasteiger partial charge is 0.241 e. The average Bonchev–Trinajstić information content (AvgIpc) is 3.16. The molecule has 0 bridgehead atoms. The molecule has 2 aromatic carbocycles. The molecule has 0 atom stereocenters. The van der Waals surface area contributed by atoms with Crippen molar-refractivity contribution in [2.75, 3.05) is 19.6 Å². The lowest BCUT2D eigenvalue weighted by Gasteiger charge is -2.31. The van der Waals surface area contributed by atoms with Crippen LogP contribution < -0.4 is 5.32 Å². The van der Waals surface area contributed by atoms with Crippen LogP contribution in [-0.4, -0.2) is 41.3 Å². The summed E-state index contributed by atoms with van der Waals surface area (Å²) in [6.45, 7) is 1.43. The fourth-order valence-corrected chi connectivity index (χ4v) is 4.88. The molecule has 7 heteroatoms. The van der Waals surface area contributed by atoms with E-state index in [4.69, 9.17) is 16.6 Å². The van der Waals surface area contributed by atoms with Gasteiger partial charge in [-0.25, -0.2) is 4.98 Å². The van der Waals surface area contributed by atoms with Crippen molar-refractivity contribution < 1.29 is 9.59 Å². The number of benzene rings is 2. The Morgan fingerprint density at radius 2 is 1.90 bits per heavy atom. The molecule has 2 amide bonds. The number of piperidine rings is 1. The number of carbonyl (C=O) groups excluding carboxylic acids is 2. The maximum absolute atomic E-state index is 12.5. The van der Waals surface area contributed by atoms with E-state index in [1.54, 1.807) is 11.3 Å². The highest BCUT2D eigenvalue weighted by Gasteiger charge is 2.26. The number of halogens is 1. The van der Waals surface area contributed by atoms with Crippen molar-refractivity contribution in [2.45, 2.75) is 25.2 Å². The lowest BCUT2D eigenvalue weighted by atomic mass is 9.97. The highest BCUT2D eigenvalue weighted by molar-refractivity contribution is 7.18. The summed E-state index contributed by atoms with van der Waals surface area (Å²) in [6, 6.07) is 15.3. The molecular weight excluding hydrogens is 406 g/mol. The fourth-order valence-electron chi connectivity index (χ4n) is 3.60. The van der Waals surface area contributed by atoms with Gasteiger partial charge >= 0.3 is 0 Å². The first-order valence-corrected chi connectivity index (χ1v) is 10.9. The largest absolute Gasteiger partial charge is 0.347 e. The highest BCUT2D eigenvalue weighted by atomic mass is 35.5. The SMILES string of the molecule is O=C(Cc1ccccc1)NCC(=O)N1CCC(c2nc3cc(Cl)ccc3s2)CC1. The third-order valence-corrected chi connectivity index (χ3v) is 6.64. The minimum atomic E-state index is -0.132. The number of nitrogens with zero attached hydrogens (tertiary/aromatic N) is 2. The number of fused-ring (bicyclic) bond motifs is 1. The molecule has 0 saturated carbocycles. The number of rotatable bonds is 5. The van der Waals surface area contributed by atoms with E-state index in [2.05, 4.69) is 5.32 Å². The predicted molar refractivity (Wildman–Crippen MR) is 116 cm³/mol. The number of amides is 2. The molecule has 3 aromatic rings. The minimum absolute atomic E-state index is 0.0269. The first kappa shape index (κ1) is 19.9. The maximum atomic E-state index is 12.5. The minimum Gasteiger partial charge on any atom is -0.347 e. The molecular formula is C22H22ClN3O2S. The van der Waals surface area contributed by atoms with Gasteiger partial charge in [-0.05, 0) is 36.6 Å². The molecule has 4 rings (SSSR count). The number of hydrogen-bond acceptors (Lipinski definition) is 4. The van der Waals surface area contributed by atoms with E-state index in [0.717, 1.165) is 33.6 Å². The number of aromatic nitrogens is 1. The number of likely N-dealkylation sites (tertiary alicyclic amines) is 1. The van der Waals surface area contributed by atoms with E-state index in [-0.39, 0.29) is 24.8 Å². The summed E-state index contributed by atoms with van der Waals surface area (Å²) in [5, 5.41) is 4.56. The van der Waals surface area contributed by atoms with Crippen LogP contribution in [0, 0.1) is 0 Å². The Bertz CT molecular complexity index is 1010. The molecule has 29 heavy (non-hydrogen) atoms. The second-order valence-corrected chi connectivity index (χ2v) is 8.76. The molecule has 2 heterocycles. The summed E-state index contributed by atoms with van der Waals surface area (Å²) in [7, 11) is 0. The number of carbonyl (C=O) groups is 2. The van der Waals surface area contributed by atoms with Crippen molar-refractivity contribution in [1.82, 2.24) is 15.2 Å². The van der Waals surface area contributed by atoms with Crippen molar-refractivity contribution in [3.8, 4) is 0 Å². The van der Waals surface area contributed by atoms with Crippen molar-refractivity contribution in [1.29, 1.82) is 0 Å². The Labute approximate surface area is 178 Å². The molecule has 0 radical (unpaired) electrons. The normalized spacial score (nSPS) is 14.9. The van der Waals surface area contributed by atoms with Gasteiger partial charge < -0.3 is 10.2 Å². The maximum Gasteiger partial charge on any atom is 0.241 e. The van der Waals surface area contributed by atoms with Gasteiger partial charge in [0.05, 0.1) is 28.2 Å². The van der Waals surface area contributed by atoms with Gasteiger partial charge in [0.15, 0.2) is 0 Å². The molecule has 1 saturated heterocycles. The van der Waals surface area contributed by atoms with Crippen LogP contribution >= 0.6 is 22.9 Å². The molecule has 5 nitrogen and oxygen atoms in total. The lowest BCUT2D eigenvalue weighted by molar-refractivity contribution is -0.133. The van der Waals surface area contributed by atoms with Crippen LogP contribution in [-0.2, 0) is 16.0 Å². The van der Waals surface area contributed by atoms with E-state index >= 15 is 0 Å². The quantitative estimate of drug-likeness (QED) is 0.669. The zero-order chi connectivity index (χ0) is 20.2. The molecule has 0 unspecified atom stereocenters. The monoisotopic (exact) mass is 427 g/mol. The van der Waals surface area contributed by atoms with Gasteiger partial charge in [-0.15, -0.1) is 11.3 Å². The van der Waals surface area contributed by atoms with Crippen molar-refractivity contribution in [3.05, 3.63) is 64.1 Å². The molecule has 0 spiro atoms. The van der Waals surface area contributed by atoms with Crippen LogP contribution in [0.1, 0.15) is 29.3 Å². The van der Waals surface area contributed by atoms with E-state index < -0.39 is 0 Å². The van der Waals surface area contributed by atoms with Gasteiger partial charge in [0.25, 0.3) is 0 Å². The topological polar surface area (TPSA) is 62.3 Å². The number of thiazole rings is 1. The van der Waals surface area contributed by atoms with Crippen LogP contribution in [0.15, 0.2) is 48.5 Å². The summed E-state index contributed by atoms with van der Waals surface area (Å²) in [4.78, 5) is 31.1. The van der Waals surface area contributed by atoms with E-state index in [0.29, 0.717) is 24.0 Å². The van der Waals surface area contributed by atoms with Crippen molar-refractivity contribution >= 4 is 45.0 Å². The van der Waals surface area contributed by atoms with Gasteiger partial charge in [0, 0.05) is 24.0 Å². The van der Waals surface area contributed by atoms with Crippen LogP contribution in [0.3, 0.4) is 0 Å². The van der Waals surface area contributed by atoms with Gasteiger partial charge in [0.1, 0.15) is 0 Å². The Morgan fingerprint density at radius 3 is 2.66 bits per heavy atom. The van der Waals surface area contributed by atoms with Gasteiger partial charge in [-0.1, -0.05) is 41.9 Å². The Kier molecular flexibility index (Phi) is 6.11. The first-order valence-electron chi connectivity index (χ1n) is 9.73. The predicted octanol–water partition coefficient (Wildman–Crippen LogP) is 4.01. The average molecular weight is 428 g/mol. The second-order valence-electron chi connectivity index (χ2n) is 7.26. The van der Waals surface area contributed by atoms with E-state index in [1.165, 1.54) is 0 Å². The number of nitrogens with one attached hydrogen (secondary N) is 1. The Morgan fingerprint density at radius 1 is 1.14 bits per heavy atom. The summed E-state index contributed by atoms with van der Waals surface area (Å²) in [6.07, 6.45) is 2.06. The van der Waals surface area contributed by atoms with Gasteiger partial charge in [0.2, 0.25) is 11.8 Å². The van der Waals surface area contributed by atoms with Crippen LogP contribution in [0.2, 0.25) is 5.02 Å². The third kappa shape index (κ3) is 4.95. The molecule has 1 aromatic heterocycles. The van der Waals surface area contributed by atoms with Crippen LogP contribution in [0.5, 0.6) is 0 Å². The molecule has 1 fully saturated rings. The van der Waals surface area contributed by atoms with Crippen molar-refractivity contribution in [2.24, 2.45) is 0 Å². The second kappa shape index (κ2) is 8.93. The first-order chi connectivity index (χ1) is 14.1. The lowest BCUT2D eigenvalue weighted by Crippen LogP contribution is -2.44. The Balaban J connectivity index is 1.26. The summed E-state index contributed by atoms with van der Waals surface area (Å²) in [5.41, 5.74) is 1.88. The molecule has 1 aliphatic rings. The van der Waals surface area contributed by atoms with E-state index in [9.17, 15) is 9.59 Å². The van der Waals surface area contributed by atoms with Gasteiger partial charge in [-0.2, -0.15) is 0 Å².